The lowest BCUT2D eigenvalue weighted by atomic mass is 9.77. The van der Waals surface area contributed by atoms with Gasteiger partial charge >= 0.3 is 0 Å². The number of amides is 2. The van der Waals surface area contributed by atoms with Gasteiger partial charge in [-0.1, -0.05) is 26.0 Å². The Hall–Kier alpha value is -2.38. The Labute approximate surface area is 178 Å². The fourth-order valence-electron chi connectivity index (χ4n) is 4.95. The van der Waals surface area contributed by atoms with Crippen molar-refractivity contribution >= 4 is 17.5 Å². The molecule has 0 aromatic heterocycles. The molecule has 1 aromatic rings. The van der Waals surface area contributed by atoms with Crippen LogP contribution in [0, 0.1) is 11.8 Å². The van der Waals surface area contributed by atoms with Gasteiger partial charge in [0.1, 0.15) is 11.4 Å². The van der Waals surface area contributed by atoms with E-state index in [-0.39, 0.29) is 17.9 Å². The number of hydrogen-bond donors (Lipinski definition) is 1. The van der Waals surface area contributed by atoms with Crippen LogP contribution < -0.4 is 15.0 Å². The van der Waals surface area contributed by atoms with E-state index in [1.165, 1.54) is 0 Å². The van der Waals surface area contributed by atoms with Crippen molar-refractivity contribution in [3.63, 3.8) is 0 Å². The molecule has 0 radical (unpaired) electrons. The SMILES string of the molecule is CCN(CC)CCCNC(=O)C1[C@H]2C(=O)N(c3ccc(OC)cc3)C[C@@]23C=C[C@H]1O3. The van der Waals surface area contributed by atoms with Gasteiger partial charge in [0.2, 0.25) is 11.8 Å². The summed E-state index contributed by atoms with van der Waals surface area (Å²) in [6.45, 7) is 8.29. The van der Waals surface area contributed by atoms with E-state index in [1.807, 2.05) is 36.4 Å². The Kier molecular flexibility index (Phi) is 5.84. The molecule has 1 N–H and O–H groups in total. The molecule has 0 saturated carbocycles. The number of methoxy groups -OCH3 is 1. The maximum Gasteiger partial charge on any atom is 0.234 e. The van der Waals surface area contributed by atoms with Crippen LogP contribution in [0.5, 0.6) is 5.75 Å². The maximum atomic E-state index is 13.3. The number of rotatable bonds is 9. The Balaban J connectivity index is 1.43. The van der Waals surface area contributed by atoms with E-state index in [2.05, 4.69) is 24.1 Å². The van der Waals surface area contributed by atoms with Crippen LogP contribution in [0.25, 0.3) is 0 Å². The summed E-state index contributed by atoms with van der Waals surface area (Å²) in [6.07, 6.45) is 4.50. The summed E-state index contributed by atoms with van der Waals surface area (Å²) in [5.74, 6) is -0.338. The van der Waals surface area contributed by atoms with E-state index in [0.717, 1.165) is 37.5 Å². The molecular formula is C23H31N3O4. The largest absolute Gasteiger partial charge is 0.497 e. The van der Waals surface area contributed by atoms with Gasteiger partial charge in [-0.3, -0.25) is 9.59 Å². The average Bonchev–Trinajstić information content (AvgIpc) is 3.42. The standard InChI is InChI=1S/C23H31N3O4/c1-4-25(5-2)14-6-13-24-21(27)19-18-11-12-23(30-18)15-26(22(28)20(19)23)16-7-9-17(29-3)10-8-16/h7-12,18-20H,4-6,13-15H2,1-3H3,(H,24,27)/t18-,19?,20+,23+/m1/s1. The Morgan fingerprint density at radius 2 is 2.03 bits per heavy atom. The molecule has 7 heteroatoms. The van der Waals surface area contributed by atoms with Crippen LogP contribution in [-0.4, -0.2) is 68.3 Å². The van der Waals surface area contributed by atoms with E-state index in [4.69, 9.17) is 9.47 Å². The van der Waals surface area contributed by atoms with E-state index in [0.29, 0.717) is 13.1 Å². The second-order valence-electron chi connectivity index (χ2n) is 8.19. The van der Waals surface area contributed by atoms with Crippen LogP contribution in [0.1, 0.15) is 20.3 Å². The lowest BCUT2D eigenvalue weighted by molar-refractivity contribution is -0.131. The van der Waals surface area contributed by atoms with Crippen molar-refractivity contribution in [3.05, 3.63) is 36.4 Å². The highest BCUT2D eigenvalue weighted by atomic mass is 16.5. The number of ether oxygens (including phenoxy) is 2. The molecule has 1 unspecified atom stereocenters. The molecule has 162 valence electrons. The van der Waals surface area contributed by atoms with Crippen LogP contribution in [0.15, 0.2) is 36.4 Å². The molecule has 2 bridgehead atoms. The second-order valence-corrected chi connectivity index (χ2v) is 8.19. The summed E-state index contributed by atoms with van der Waals surface area (Å²) in [5.41, 5.74) is 0.0914. The van der Waals surface area contributed by atoms with Gasteiger partial charge in [0, 0.05) is 12.2 Å². The molecule has 4 atom stereocenters. The summed E-state index contributed by atoms with van der Waals surface area (Å²) in [5, 5.41) is 3.05. The zero-order valence-electron chi connectivity index (χ0n) is 18.0. The molecule has 0 aliphatic carbocycles. The third-order valence-electron chi connectivity index (χ3n) is 6.63. The highest BCUT2D eigenvalue weighted by molar-refractivity contribution is 6.03. The molecular weight excluding hydrogens is 382 g/mol. The first-order valence-electron chi connectivity index (χ1n) is 10.9. The number of nitrogens with one attached hydrogen (secondary N) is 1. The first-order chi connectivity index (χ1) is 14.5. The minimum atomic E-state index is -0.703. The number of nitrogens with zero attached hydrogens (tertiary/aromatic N) is 2. The molecule has 3 heterocycles. The normalized spacial score (nSPS) is 29.0. The Bertz CT molecular complexity index is 820. The van der Waals surface area contributed by atoms with Gasteiger partial charge in [-0.15, -0.1) is 0 Å². The first-order valence-corrected chi connectivity index (χ1v) is 10.9. The van der Waals surface area contributed by atoms with Gasteiger partial charge in [-0.05, 0) is 50.3 Å². The summed E-state index contributed by atoms with van der Waals surface area (Å²) < 4.78 is 11.4. The van der Waals surface area contributed by atoms with Crippen molar-refractivity contribution in [2.75, 3.05) is 44.7 Å². The average molecular weight is 414 g/mol. The zero-order valence-corrected chi connectivity index (χ0v) is 18.0. The minimum absolute atomic E-state index is 0.0460. The minimum Gasteiger partial charge on any atom is -0.497 e. The van der Waals surface area contributed by atoms with Gasteiger partial charge in [-0.25, -0.2) is 0 Å². The molecule has 4 rings (SSSR count). The topological polar surface area (TPSA) is 71.1 Å². The first kappa shape index (κ1) is 20.9. The second kappa shape index (κ2) is 8.40. The summed E-state index contributed by atoms with van der Waals surface area (Å²) in [7, 11) is 1.61. The molecule has 30 heavy (non-hydrogen) atoms. The van der Waals surface area contributed by atoms with Gasteiger partial charge in [0.05, 0.1) is 31.6 Å². The van der Waals surface area contributed by atoms with Gasteiger partial charge in [0.25, 0.3) is 0 Å². The molecule has 3 aliphatic rings. The molecule has 2 saturated heterocycles. The smallest absolute Gasteiger partial charge is 0.234 e. The number of anilines is 1. The van der Waals surface area contributed by atoms with Crippen LogP contribution in [-0.2, 0) is 14.3 Å². The van der Waals surface area contributed by atoms with Crippen LogP contribution in [0.4, 0.5) is 5.69 Å². The predicted octanol–water partition coefficient (Wildman–Crippen LogP) is 1.83. The van der Waals surface area contributed by atoms with Crippen molar-refractivity contribution < 1.29 is 19.1 Å². The zero-order chi connectivity index (χ0) is 21.3. The van der Waals surface area contributed by atoms with Gasteiger partial charge in [-0.2, -0.15) is 0 Å². The molecule has 2 fully saturated rings. The van der Waals surface area contributed by atoms with Crippen LogP contribution in [0.2, 0.25) is 0 Å². The molecule has 1 aromatic carbocycles. The number of benzene rings is 1. The quantitative estimate of drug-likeness (QED) is 0.494. The highest BCUT2D eigenvalue weighted by Crippen LogP contribution is 2.52. The Morgan fingerprint density at radius 1 is 1.30 bits per heavy atom. The lowest BCUT2D eigenvalue weighted by Gasteiger charge is -2.24. The van der Waals surface area contributed by atoms with Crippen molar-refractivity contribution in [2.45, 2.75) is 32.0 Å². The Morgan fingerprint density at radius 3 is 2.70 bits per heavy atom. The fourth-order valence-corrected chi connectivity index (χ4v) is 4.95. The van der Waals surface area contributed by atoms with Crippen LogP contribution >= 0.6 is 0 Å². The summed E-state index contributed by atoms with van der Waals surface area (Å²) >= 11 is 0. The van der Waals surface area contributed by atoms with E-state index in [9.17, 15) is 9.59 Å². The van der Waals surface area contributed by atoms with Crippen molar-refractivity contribution in [1.82, 2.24) is 10.2 Å². The lowest BCUT2D eigenvalue weighted by Crippen LogP contribution is -2.44. The number of carbonyl (C=O) groups is 2. The monoisotopic (exact) mass is 413 g/mol. The molecule has 7 nitrogen and oxygen atoms in total. The van der Waals surface area contributed by atoms with Gasteiger partial charge in [0.15, 0.2) is 0 Å². The van der Waals surface area contributed by atoms with Crippen molar-refractivity contribution in [2.24, 2.45) is 11.8 Å². The highest BCUT2D eigenvalue weighted by Gasteiger charge is 2.67. The number of carbonyl (C=O) groups excluding carboxylic acids is 2. The van der Waals surface area contributed by atoms with E-state index < -0.39 is 17.4 Å². The maximum absolute atomic E-state index is 13.3. The molecule has 3 aliphatic heterocycles. The predicted molar refractivity (Wildman–Crippen MR) is 114 cm³/mol. The number of fused-ring (bicyclic) bond motifs is 1. The van der Waals surface area contributed by atoms with Crippen LogP contribution in [0.3, 0.4) is 0 Å². The van der Waals surface area contributed by atoms with E-state index in [1.54, 1.807) is 12.0 Å². The van der Waals surface area contributed by atoms with E-state index >= 15 is 0 Å². The summed E-state index contributed by atoms with van der Waals surface area (Å²) in [6, 6.07) is 7.41. The van der Waals surface area contributed by atoms with Crippen molar-refractivity contribution in [3.8, 4) is 5.75 Å². The van der Waals surface area contributed by atoms with Gasteiger partial charge < -0.3 is 24.6 Å². The van der Waals surface area contributed by atoms with Crippen molar-refractivity contribution in [1.29, 1.82) is 0 Å². The molecule has 2 amide bonds. The fraction of sp³-hybridized carbons (Fsp3) is 0.565. The molecule has 1 spiro atoms. The number of hydrogen-bond acceptors (Lipinski definition) is 5. The summed E-state index contributed by atoms with van der Waals surface area (Å²) in [4.78, 5) is 30.4. The third kappa shape index (κ3) is 3.50. The third-order valence-corrected chi connectivity index (χ3v) is 6.63.